The maximum absolute atomic E-state index is 12.7. The molecule has 4 heteroatoms. The minimum absolute atomic E-state index is 0.114. The Balaban J connectivity index is 2.45. The number of hydrogen-bond donors (Lipinski definition) is 0. The van der Waals surface area contributed by atoms with Gasteiger partial charge in [-0.2, -0.15) is 0 Å². The Morgan fingerprint density at radius 1 is 1.09 bits per heavy atom. The summed E-state index contributed by atoms with van der Waals surface area (Å²) >= 11 is 0. The first-order chi connectivity index (χ1) is 10.5. The molecule has 0 aliphatic carbocycles. The largest absolute Gasteiger partial charge is 0.293 e. The summed E-state index contributed by atoms with van der Waals surface area (Å²) in [7, 11) is -3.82. The highest BCUT2D eigenvalue weighted by Crippen LogP contribution is 2.22. The van der Waals surface area contributed by atoms with Gasteiger partial charge in [0.2, 0.25) is 0 Å². The quantitative estimate of drug-likeness (QED) is 0.630. The second kappa shape index (κ2) is 6.59. The zero-order valence-electron chi connectivity index (χ0n) is 12.2. The number of carbonyl (C=O) groups is 1. The summed E-state index contributed by atoms with van der Waals surface area (Å²) < 4.78 is 25.5. The molecule has 3 nitrogen and oxygen atoms in total. The molecule has 2 rings (SSSR count). The number of carbonyl (C=O) groups excluding carboxylic acids is 1. The van der Waals surface area contributed by atoms with Crippen LogP contribution in [0.2, 0.25) is 0 Å². The summed E-state index contributed by atoms with van der Waals surface area (Å²) in [5.41, 5.74) is 1.29. The molecule has 0 aliphatic rings. The SMILES string of the molecule is C#CC[C@H](C(=O)c1ccccc1)S(=O)(=O)c1ccc(C)cc1. The minimum Gasteiger partial charge on any atom is -0.293 e. The van der Waals surface area contributed by atoms with Gasteiger partial charge in [-0.05, 0) is 19.1 Å². The van der Waals surface area contributed by atoms with Crippen LogP contribution in [0.4, 0.5) is 0 Å². The molecule has 0 bridgehead atoms. The van der Waals surface area contributed by atoms with Crippen molar-refractivity contribution in [3.63, 3.8) is 0 Å². The second-order valence-corrected chi connectivity index (χ2v) is 7.12. The van der Waals surface area contributed by atoms with E-state index in [1.807, 2.05) is 6.92 Å². The third-order valence-electron chi connectivity index (χ3n) is 3.38. The van der Waals surface area contributed by atoms with E-state index in [1.54, 1.807) is 42.5 Å². The standard InChI is InChI=1S/C18H16O3S/c1-3-7-17(18(19)15-8-5-4-6-9-15)22(20,21)16-12-10-14(2)11-13-16/h1,4-6,8-13,17H,7H2,2H3/t17-/m1/s1. The third-order valence-corrected chi connectivity index (χ3v) is 5.44. The van der Waals surface area contributed by atoms with Crippen LogP contribution >= 0.6 is 0 Å². The predicted octanol–water partition coefficient (Wildman–Crippen LogP) is 3.04. The molecule has 1 atom stereocenters. The molecular weight excluding hydrogens is 296 g/mol. The molecule has 0 saturated carbocycles. The van der Waals surface area contributed by atoms with Crippen LogP contribution in [-0.4, -0.2) is 19.5 Å². The Labute approximate surface area is 130 Å². The lowest BCUT2D eigenvalue weighted by Gasteiger charge is -2.15. The van der Waals surface area contributed by atoms with Crippen LogP contribution in [-0.2, 0) is 9.84 Å². The molecule has 112 valence electrons. The normalized spacial score (nSPS) is 12.4. The highest BCUT2D eigenvalue weighted by atomic mass is 32.2. The highest BCUT2D eigenvalue weighted by Gasteiger charge is 2.33. The van der Waals surface area contributed by atoms with Gasteiger partial charge in [0.15, 0.2) is 15.6 Å². The summed E-state index contributed by atoms with van der Waals surface area (Å²) in [4.78, 5) is 12.7. The van der Waals surface area contributed by atoms with Gasteiger partial charge in [-0.3, -0.25) is 4.79 Å². The number of benzene rings is 2. The van der Waals surface area contributed by atoms with Gasteiger partial charge >= 0.3 is 0 Å². The van der Waals surface area contributed by atoms with Gasteiger partial charge in [-0.1, -0.05) is 48.0 Å². The third kappa shape index (κ3) is 3.26. The monoisotopic (exact) mass is 312 g/mol. The first kappa shape index (κ1) is 16.0. The Morgan fingerprint density at radius 2 is 1.68 bits per heavy atom. The molecular formula is C18H16O3S. The second-order valence-electron chi connectivity index (χ2n) is 4.99. The van der Waals surface area contributed by atoms with E-state index in [-0.39, 0.29) is 11.3 Å². The van der Waals surface area contributed by atoms with Gasteiger partial charge in [0.1, 0.15) is 5.25 Å². The predicted molar refractivity (Wildman–Crippen MR) is 86.4 cm³/mol. The van der Waals surface area contributed by atoms with E-state index in [1.165, 1.54) is 12.1 Å². The highest BCUT2D eigenvalue weighted by molar-refractivity contribution is 7.92. The van der Waals surface area contributed by atoms with E-state index in [9.17, 15) is 13.2 Å². The lowest BCUT2D eigenvalue weighted by molar-refractivity contribution is 0.0988. The van der Waals surface area contributed by atoms with E-state index >= 15 is 0 Å². The number of ketones is 1. The Bertz CT molecular complexity index is 798. The van der Waals surface area contributed by atoms with Crippen LogP contribution in [0.1, 0.15) is 22.3 Å². The maximum atomic E-state index is 12.7. The molecule has 0 unspecified atom stereocenters. The zero-order chi connectivity index (χ0) is 16.2. The van der Waals surface area contributed by atoms with Crippen molar-refractivity contribution >= 4 is 15.6 Å². The van der Waals surface area contributed by atoms with Crippen LogP contribution in [0.5, 0.6) is 0 Å². The van der Waals surface area contributed by atoms with Crippen molar-refractivity contribution in [2.45, 2.75) is 23.5 Å². The molecule has 22 heavy (non-hydrogen) atoms. The zero-order valence-corrected chi connectivity index (χ0v) is 13.0. The van der Waals surface area contributed by atoms with Crippen LogP contribution in [0.15, 0.2) is 59.5 Å². The van der Waals surface area contributed by atoms with E-state index in [4.69, 9.17) is 6.42 Å². The lowest BCUT2D eigenvalue weighted by Crippen LogP contribution is -2.30. The first-order valence-corrected chi connectivity index (χ1v) is 8.34. The molecule has 0 saturated heterocycles. The topological polar surface area (TPSA) is 51.2 Å². The average Bonchev–Trinajstić information content (AvgIpc) is 2.53. The Kier molecular flexibility index (Phi) is 4.79. The minimum atomic E-state index is -3.82. The van der Waals surface area contributed by atoms with Gasteiger partial charge in [0, 0.05) is 12.0 Å². The fraction of sp³-hybridized carbons (Fsp3) is 0.167. The van der Waals surface area contributed by atoms with Gasteiger partial charge in [-0.25, -0.2) is 8.42 Å². The molecule has 2 aromatic rings. The lowest BCUT2D eigenvalue weighted by atomic mass is 10.1. The van der Waals surface area contributed by atoms with E-state index in [0.717, 1.165) is 5.56 Å². The first-order valence-electron chi connectivity index (χ1n) is 6.80. The number of hydrogen-bond acceptors (Lipinski definition) is 3. The van der Waals surface area contributed by atoms with Crippen LogP contribution in [0.25, 0.3) is 0 Å². The average molecular weight is 312 g/mol. The molecule has 0 fully saturated rings. The van der Waals surface area contributed by atoms with Crippen LogP contribution in [0.3, 0.4) is 0 Å². The van der Waals surface area contributed by atoms with Crippen LogP contribution in [0, 0.1) is 19.3 Å². The number of Topliss-reactive ketones (excluding diaryl/α,β-unsaturated/α-hetero) is 1. The number of rotatable bonds is 5. The summed E-state index contributed by atoms with van der Waals surface area (Å²) in [6.07, 6.45) is 5.13. The molecule has 0 aliphatic heterocycles. The molecule has 0 aromatic heterocycles. The number of aryl methyl sites for hydroxylation is 1. The van der Waals surface area contributed by atoms with E-state index < -0.39 is 20.9 Å². The molecule has 0 spiro atoms. The fourth-order valence-electron chi connectivity index (χ4n) is 2.13. The van der Waals surface area contributed by atoms with Crippen molar-refractivity contribution in [1.29, 1.82) is 0 Å². The maximum Gasteiger partial charge on any atom is 0.189 e. The Hall–Kier alpha value is -2.38. The fourth-order valence-corrected chi connectivity index (χ4v) is 3.71. The molecule has 0 heterocycles. The van der Waals surface area contributed by atoms with Gasteiger partial charge in [-0.15, -0.1) is 12.3 Å². The van der Waals surface area contributed by atoms with E-state index in [0.29, 0.717) is 5.56 Å². The van der Waals surface area contributed by atoms with Crippen molar-refractivity contribution in [1.82, 2.24) is 0 Å². The summed E-state index contributed by atoms with van der Waals surface area (Å²) in [5, 5.41) is -1.26. The van der Waals surface area contributed by atoms with Crippen molar-refractivity contribution < 1.29 is 13.2 Å². The number of sulfone groups is 1. The molecule has 0 amide bonds. The summed E-state index contributed by atoms with van der Waals surface area (Å²) in [5.74, 6) is 1.83. The van der Waals surface area contributed by atoms with Crippen molar-refractivity contribution in [3.05, 3.63) is 65.7 Å². The van der Waals surface area contributed by atoms with E-state index in [2.05, 4.69) is 5.92 Å². The Morgan fingerprint density at radius 3 is 2.23 bits per heavy atom. The smallest absolute Gasteiger partial charge is 0.189 e. The van der Waals surface area contributed by atoms with Crippen molar-refractivity contribution in [2.75, 3.05) is 0 Å². The molecule has 0 radical (unpaired) electrons. The van der Waals surface area contributed by atoms with Gasteiger partial charge in [0.25, 0.3) is 0 Å². The van der Waals surface area contributed by atoms with Crippen molar-refractivity contribution in [3.8, 4) is 12.3 Å². The summed E-state index contributed by atoms with van der Waals surface area (Å²) in [6.45, 7) is 1.87. The van der Waals surface area contributed by atoms with Gasteiger partial charge in [0.05, 0.1) is 4.90 Å². The van der Waals surface area contributed by atoms with Gasteiger partial charge < -0.3 is 0 Å². The molecule has 0 N–H and O–H groups in total. The number of terminal acetylenes is 1. The van der Waals surface area contributed by atoms with Crippen molar-refractivity contribution in [2.24, 2.45) is 0 Å². The molecule has 2 aromatic carbocycles. The van der Waals surface area contributed by atoms with Crippen LogP contribution < -0.4 is 0 Å². The summed E-state index contributed by atoms with van der Waals surface area (Å²) in [6, 6.07) is 14.8.